The second-order valence-corrected chi connectivity index (χ2v) is 12.5. The summed E-state index contributed by atoms with van der Waals surface area (Å²) in [6.07, 6.45) is 2.71. The van der Waals surface area contributed by atoms with Gasteiger partial charge >= 0.3 is 0 Å². The summed E-state index contributed by atoms with van der Waals surface area (Å²) >= 11 is 2.04. The van der Waals surface area contributed by atoms with Crippen LogP contribution in [0.15, 0.2) is 139 Å². The first kappa shape index (κ1) is 31.4. The summed E-state index contributed by atoms with van der Waals surface area (Å²) in [6, 6.07) is 45.0. The largest absolute Gasteiger partial charge is 0.490 e. The highest BCUT2D eigenvalue weighted by Crippen LogP contribution is 2.46. The lowest BCUT2D eigenvalue weighted by Gasteiger charge is -2.43. The topological polar surface area (TPSA) is 56.2 Å². The van der Waals surface area contributed by atoms with Crippen molar-refractivity contribution in [2.24, 2.45) is 5.16 Å². The molecule has 46 heavy (non-hydrogen) atoms. The van der Waals surface area contributed by atoms with Gasteiger partial charge in [-0.05, 0) is 53.8 Å². The Labute approximate surface area is 276 Å². The first-order valence-electron chi connectivity index (χ1n) is 15.6. The molecule has 1 atom stereocenters. The van der Waals surface area contributed by atoms with Crippen molar-refractivity contribution >= 4 is 17.5 Å². The monoisotopic (exact) mass is 629 g/mol. The molecule has 234 valence electrons. The Morgan fingerprint density at radius 3 is 1.96 bits per heavy atom. The third-order valence-electron chi connectivity index (χ3n) is 8.33. The van der Waals surface area contributed by atoms with Crippen LogP contribution in [0.2, 0.25) is 0 Å². The van der Waals surface area contributed by atoms with Gasteiger partial charge in [0.15, 0.2) is 6.61 Å². The van der Waals surface area contributed by atoms with E-state index < -0.39 is 0 Å². The third kappa shape index (κ3) is 7.11. The second-order valence-electron chi connectivity index (χ2n) is 11.2. The Balaban J connectivity index is 1.08. The van der Waals surface area contributed by atoms with Crippen LogP contribution in [0.5, 0.6) is 11.6 Å². The quantitative estimate of drug-likeness (QED) is 0.0573. The number of ether oxygens (including phenoxy) is 2. The van der Waals surface area contributed by atoms with Gasteiger partial charge in [0.2, 0.25) is 5.88 Å². The van der Waals surface area contributed by atoms with Gasteiger partial charge in [-0.25, -0.2) is 4.98 Å². The Kier molecular flexibility index (Phi) is 10.3. The summed E-state index contributed by atoms with van der Waals surface area (Å²) in [4.78, 5) is 12.3. The molecule has 1 aliphatic heterocycles. The molecule has 0 bridgehead atoms. The number of oxime groups is 1. The van der Waals surface area contributed by atoms with Crippen molar-refractivity contribution in [3.05, 3.63) is 161 Å². The summed E-state index contributed by atoms with van der Waals surface area (Å²) in [5, 5.41) is 4.65. The zero-order valence-corrected chi connectivity index (χ0v) is 27.1. The molecular formula is C39H39N3O3S. The molecule has 4 aromatic carbocycles. The molecule has 1 unspecified atom stereocenters. The molecule has 0 spiro atoms. The number of nitrogens with zero attached hydrogens (tertiary/aromatic N) is 3. The lowest BCUT2D eigenvalue weighted by molar-refractivity contribution is 0.107. The van der Waals surface area contributed by atoms with Crippen LogP contribution in [0, 0.1) is 0 Å². The number of hydrogen-bond donors (Lipinski definition) is 0. The number of hydrogen-bond acceptors (Lipinski definition) is 7. The summed E-state index contributed by atoms with van der Waals surface area (Å²) in [6.45, 7) is 3.62. The maximum atomic E-state index is 5.92. The number of benzene rings is 4. The molecule has 1 aliphatic rings. The summed E-state index contributed by atoms with van der Waals surface area (Å²) in [7, 11) is 1.59. The Morgan fingerprint density at radius 1 is 0.804 bits per heavy atom. The second kappa shape index (κ2) is 15.1. The van der Waals surface area contributed by atoms with Crippen LogP contribution in [-0.4, -0.2) is 53.6 Å². The van der Waals surface area contributed by atoms with Crippen LogP contribution in [0.25, 0.3) is 0 Å². The Bertz CT molecular complexity index is 1590. The van der Waals surface area contributed by atoms with Gasteiger partial charge in [0, 0.05) is 35.5 Å². The zero-order valence-electron chi connectivity index (χ0n) is 26.3. The fourth-order valence-electron chi connectivity index (χ4n) is 6.08. The van der Waals surface area contributed by atoms with Crippen molar-refractivity contribution in [3.8, 4) is 11.6 Å². The molecule has 6 nitrogen and oxygen atoms in total. The molecule has 0 amide bonds. The highest BCUT2D eigenvalue weighted by molar-refractivity contribution is 8.00. The smallest absolute Gasteiger partial charge is 0.212 e. The molecule has 6 rings (SSSR count). The van der Waals surface area contributed by atoms with Crippen LogP contribution >= 0.6 is 11.8 Å². The van der Waals surface area contributed by atoms with Crippen LogP contribution in [-0.2, 0) is 16.8 Å². The van der Waals surface area contributed by atoms with Crippen molar-refractivity contribution in [1.29, 1.82) is 0 Å². The van der Waals surface area contributed by atoms with Crippen LogP contribution in [0.3, 0.4) is 0 Å². The number of methoxy groups -OCH3 is 1. The van der Waals surface area contributed by atoms with Gasteiger partial charge in [0.1, 0.15) is 12.4 Å². The fourth-order valence-corrected chi connectivity index (χ4v) is 7.37. The molecular weight excluding hydrogens is 591 g/mol. The van der Waals surface area contributed by atoms with Gasteiger partial charge in [0.05, 0.1) is 18.4 Å². The van der Waals surface area contributed by atoms with Gasteiger partial charge in [-0.3, -0.25) is 4.90 Å². The molecule has 5 aromatic rings. The van der Waals surface area contributed by atoms with Gasteiger partial charge < -0.3 is 14.3 Å². The Morgan fingerprint density at radius 2 is 1.41 bits per heavy atom. The van der Waals surface area contributed by atoms with Crippen LogP contribution in [0.1, 0.15) is 34.7 Å². The zero-order chi connectivity index (χ0) is 31.6. The first-order chi connectivity index (χ1) is 22.7. The van der Waals surface area contributed by atoms with Crippen LogP contribution in [0.4, 0.5) is 0 Å². The average molecular weight is 630 g/mol. The van der Waals surface area contributed by atoms with Crippen molar-refractivity contribution in [3.63, 3.8) is 0 Å². The van der Waals surface area contributed by atoms with Crippen molar-refractivity contribution < 1.29 is 14.3 Å². The summed E-state index contributed by atoms with van der Waals surface area (Å²) in [5.74, 6) is 2.34. The molecule has 0 saturated carbocycles. The van der Waals surface area contributed by atoms with E-state index in [4.69, 9.17) is 14.3 Å². The highest BCUT2D eigenvalue weighted by atomic mass is 32.2. The van der Waals surface area contributed by atoms with Gasteiger partial charge in [-0.2, -0.15) is 0 Å². The number of thioether (sulfide) groups is 1. The van der Waals surface area contributed by atoms with E-state index in [-0.39, 0.29) is 5.54 Å². The molecule has 1 fully saturated rings. The minimum Gasteiger partial charge on any atom is -0.490 e. The fraction of sp³-hybridized carbons (Fsp3) is 0.231. The predicted octanol–water partition coefficient (Wildman–Crippen LogP) is 7.82. The molecule has 7 heteroatoms. The lowest BCUT2D eigenvalue weighted by atomic mass is 9.75. The number of aromatic nitrogens is 1. The van der Waals surface area contributed by atoms with Crippen LogP contribution < -0.4 is 9.47 Å². The van der Waals surface area contributed by atoms with Gasteiger partial charge in [-0.1, -0.05) is 108 Å². The average Bonchev–Trinajstić information content (AvgIpc) is 3.59. The Hall–Kier alpha value is -4.59. The minimum absolute atomic E-state index is 0.350. The van der Waals surface area contributed by atoms with E-state index in [0.29, 0.717) is 24.3 Å². The van der Waals surface area contributed by atoms with E-state index in [1.165, 1.54) is 22.3 Å². The van der Waals surface area contributed by atoms with Crippen molar-refractivity contribution in [2.75, 3.05) is 32.7 Å². The van der Waals surface area contributed by atoms with Crippen molar-refractivity contribution in [1.82, 2.24) is 9.88 Å². The first-order valence-corrected chi connectivity index (χ1v) is 16.6. The number of pyridine rings is 1. The van der Waals surface area contributed by atoms with Gasteiger partial charge in [-0.15, -0.1) is 11.8 Å². The predicted molar refractivity (Wildman–Crippen MR) is 187 cm³/mol. The third-order valence-corrected chi connectivity index (χ3v) is 9.58. The summed E-state index contributed by atoms with van der Waals surface area (Å²) < 4.78 is 11.0. The highest BCUT2D eigenvalue weighted by Gasteiger charge is 2.45. The van der Waals surface area contributed by atoms with E-state index >= 15 is 0 Å². The molecule has 2 heterocycles. The molecule has 0 aliphatic carbocycles. The number of rotatable bonds is 13. The molecule has 1 aromatic heterocycles. The van der Waals surface area contributed by atoms with E-state index in [2.05, 4.69) is 118 Å². The van der Waals surface area contributed by atoms with E-state index in [1.807, 2.05) is 36.9 Å². The van der Waals surface area contributed by atoms with E-state index in [9.17, 15) is 0 Å². The van der Waals surface area contributed by atoms with Gasteiger partial charge in [0.25, 0.3) is 0 Å². The van der Waals surface area contributed by atoms with Crippen molar-refractivity contribution in [2.45, 2.75) is 24.1 Å². The van der Waals surface area contributed by atoms with E-state index in [0.717, 1.165) is 35.9 Å². The SMILES string of the molecule is COc1ccc(C(C)=NOCCOc2ccc(CC3CN(C(c4ccccc4)(c4ccccc4)c4ccccc4)CS3)cc2)cn1. The lowest BCUT2D eigenvalue weighted by Crippen LogP contribution is -2.47. The molecule has 0 radical (unpaired) electrons. The molecule has 0 N–H and O–H groups in total. The van der Waals surface area contributed by atoms with E-state index in [1.54, 1.807) is 19.4 Å². The summed E-state index contributed by atoms with van der Waals surface area (Å²) in [5.41, 5.74) is 6.43. The minimum atomic E-state index is -0.376. The molecule has 1 saturated heterocycles. The maximum absolute atomic E-state index is 5.92. The standard InChI is InChI=1S/C39H39N3O3S/c1-30(32-20-23-38(43-2)40-27-32)41-45-25-24-44-36-21-18-31(19-22-36)26-37-28-42(29-46-37)39(33-12-6-3-7-13-33,34-14-8-4-9-15-34)35-16-10-5-11-17-35/h3-23,27,37H,24-26,28-29H2,1-2H3. The maximum Gasteiger partial charge on any atom is 0.212 e. The normalized spacial score (nSPS) is 15.4.